The largest absolute Gasteiger partial charge is 0.481 e. The van der Waals surface area contributed by atoms with Crippen LogP contribution in [0.15, 0.2) is 0 Å². The molecule has 0 aliphatic carbocycles. The van der Waals surface area contributed by atoms with Crippen molar-refractivity contribution in [3.05, 3.63) is 0 Å². The molecule has 92 valence electrons. The number of carbonyl (C=O) groups is 3. The first kappa shape index (κ1) is 14.7. The van der Waals surface area contributed by atoms with Crippen LogP contribution >= 0.6 is 11.8 Å². The van der Waals surface area contributed by atoms with Crippen LogP contribution in [0.2, 0.25) is 0 Å². The van der Waals surface area contributed by atoms with Gasteiger partial charge in [-0.05, 0) is 6.26 Å². The van der Waals surface area contributed by atoms with E-state index in [1.54, 1.807) is 6.26 Å². The predicted octanol–water partition coefficient (Wildman–Crippen LogP) is -1.39. The molecule has 8 heteroatoms. The number of thioether (sulfide) groups is 1. The molecule has 0 saturated carbocycles. The number of nitrogens with one attached hydrogen (secondary N) is 1. The smallest absolute Gasteiger partial charge is 0.327 e. The summed E-state index contributed by atoms with van der Waals surface area (Å²) in [5, 5.41) is 28.0. The Morgan fingerprint density at radius 2 is 1.81 bits per heavy atom. The summed E-state index contributed by atoms with van der Waals surface area (Å²) in [6.45, 7) is -0.868. The van der Waals surface area contributed by atoms with Crippen molar-refractivity contribution >= 4 is 29.6 Å². The van der Waals surface area contributed by atoms with E-state index in [-0.39, 0.29) is 5.75 Å². The molecule has 0 aliphatic heterocycles. The highest BCUT2D eigenvalue weighted by atomic mass is 32.2. The van der Waals surface area contributed by atoms with Crippen molar-refractivity contribution in [3.8, 4) is 0 Å². The van der Waals surface area contributed by atoms with Gasteiger partial charge in [0.15, 0.2) is 5.92 Å². The molecule has 0 aromatic heterocycles. The SMILES string of the molecule is CSCC(NC(=O)C(CO)C(=O)O)C(=O)O. The van der Waals surface area contributed by atoms with Crippen LogP contribution in [0.4, 0.5) is 0 Å². The molecule has 2 atom stereocenters. The lowest BCUT2D eigenvalue weighted by Gasteiger charge is -2.15. The van der Waals surface area contributed by atoms with Crippen molar-refractivity contribution in [2.75, 3.05) is 18.6 Å². The van der Waals surface area contributed by atoms with Gasteiger partial charge in [-0.3, -0.25) is 9.59 Å². The third-order valence-electron chi connectivity index (χ3n) is 1.75. The number of rotatable bonds is 7. The van der Waals surface area contributed by atoms with E-state index in [2.05, 4.69) is 0 Å². The van der Waals surface area contributed by atoms with Gasteiger partial charge in [-0.1, -0.05) is 0 Å². The first-order valence-corrected chi connectivity index (χ1v) is 5.69. The summed E-state index contributed by atoms with van der Waals surface area (Å²) in [5.74, 6) is -5.25. The number of aliphatic hydroxyl groups is 1. The van der Waals surface area contributed by atoms with E-state index in [4.69, 9.17) is 15.3 Å². The van der Waals surface area contributed by atoms with Crippen molar-refractivity contribution in [2.45, 2.75) is 6.04 Å². The van der Waals surface area contributed by atoms with E-state index >= 15 is 0 Å². The van der Waals surface area contributed by atoms with Gasteiger partial charge in [-0.15, -0.1) is 0 Å². The molecule has 1 amide bonds. The van der Waals surface area contributed by atoms with Crippen LogP contribution in [-0.4, -0.2) is 57.8 Å². The average Bonchev–Trinajstić information content (AvgIpc) is 2.17. The first-order chi connectivity index (χ1) is 7.43. The Balaban J connectivity index is 4.49. The molecule has 0 spiro atoms. The molecule has 0 bridgehead atoms. The topological polar surface area (TPSA) is 124 Å². The fourth-order valence-corrected chi connectivity index (χ4v) is 1.45. The van der Waals surface area contributed by atoms with E-state index in [0.29, 0.717) is 0 Å². The van der Waals surface area contributed by atoms with E-state index < -0.39 is 36.4 Å². The van der Waals surface area contributed by atoms with E-state index in [1.165, 1.54) is 11.8 Å². The first-order valence-electron chi connectivity index (χ1n) is 4.29. The fourth-order valence-electron chi connectivity index (χ4n) is 0.887. The molecular weight excluding hydrogens is 238 g/mol. The highest BCUT2D eigenvalue weighted by molar-refractivity contribution is 7.98. The van der Waals surface area contributed by atoms with Crippen LogP contribution in [0.1, 0.15) is 0 Å². The lowest BCUT2D eigenvalue weighted by Crippen LogP contribution is -2.47. The van der Waals surface area contributed by atoms with Crippen LogP contribution in [0.5, 0.6) is 0 Å². The zero-order valence-electron chi connectivity index (χ0n) is 8.54. The van der Waals surface area contributed by atoms with E-state index in [1.807, 2.05) is 5.32 Å². The van der Waals surface area contributed by atoms with Gasteiger partial charge in [0.25, 0.3) is 0 Å². The maximum Gasteiger partial charge on any atom is 0.327 e. The normalized spacial score (nSPS) is 13.9. The predicted molar refractivity (Wildman–Crippen MR) is 56.2 cm³/mol. The molecular formula is C8H13NO6S. The standard InChI is InChI=1S/C8H13NO6S/c1-16-3-5(8(14)15)9-6(11)4(2-10)7(12)13/h4-5,10H,2-3H2,1H3,(H,9,11)(H,12,13)(H,14,15). The Labute approximate surface area is 95.8 Å². The summed E-state index contributed by atoms with van der Waals surface area (Å²) in [7, 11) is 0. The van der Waals surface area contributed by atoms with Crippen LogP contribution < -0.4 is 5.32 Å². The van der Waals surface area contributed by atoms with Crippen LogP contribution in [-0.2, 0) is 14.4 Å². The lowest BCUT2D eigenvalue weighted by molar-refractivity contribution is -0.151. The third-order valence-corrected chi connectivity index (χ3v) is 2.41. The van der Waals surface area contributed by atoms with Gasteiger partial charge in [-0.25, -0.2) is 4.79 Å². The van der Waals surface area contributed by atoms with E-state index in [9.17, 15) is 14.4 Å². The van der Waals surface area contributed by atoms with E-state index in [0.717, 1.165) is 0 Å². The Kier molecular flexibility index (Phi) is 6.50. The molecule has 0 aromatic rings. The number of hydrogen-bond acceptors (Lipinski definition) is 5. The molecule has 0 rings (SSSR count). The fraction of sp³-hybridized carbons (Fsp3) is 0.625. The van der Waals surface area contributed by atoms with Gasteiger partial charge in [-0.2, -0.15) is 11.8 Å². The van der Waals surface area contributed by atoms with Crippen LogP contribution in [0.3, 0.4) is 0 Å². The lowest BCUT2D eigenvalue weighted by atomic mass is 10.1. The van der Waals surface area contributed by atoms with Gasteiger partial charge in [0, 0.05) is 5.75 Å². The Morgan fingerprint density at radius 1 is 1.25 bits per heavy atom. The highest BCUT2D eigenvalue weighted by Crippen LogP contribution is 2.01. The molecule has 16 heavy (non-hydrogen) atoms. The van der Waals surface area contributed by atoms with Crippen LogP contribution in [0.25, 0.3) is 0 Å². The number of aliphatic carboxylic acids is 2. The molecule has 0 fully saturated rings. The van der Waals surface area contributed by atoms with Crippen molar-refractivity contribution < 1.29 is 29.7 Å². The monoisotopic (exact) mass is 251 g/mol. The number of amides is 1. The van der Waals surface area contributed by atoms with Crippen molar-refractivity contribution in [2.24, 2.45) is 5.92 Å². The Hall–Kier alpha value is -1.28. The average molecular weight is 251 g/mol. The minimum Gasteiger partial charge on any atom is -0.481 e. The minimum absolute atomic E-state index is 0.124. The molecule has 0 aromatic carbocycles. The molecule has 7 nitrogen and oxygen atoms in total. The zero-order chi connectivity index (χ0) is 12.7. The molecule has 0 saturated heterocycles. The van der Waals surface area contributed by atoms with Gasteiger partial charge in [0.2, 0.25) is 5.91 Å². The maximum atomic E-state index is 11.3. The zero-order valence-corrected chi connectivity index (χ0v) is 9.36. The second-order valence-corrected chi connectivity index (χ2v) is 3.84. The molecule has 2 unspecified atom stereocenters. The van der Waals surface area contributed by atoms with Gasteiger partial charge < -0.3 is 20.6 Å². The number of aliphatic hydroxyl groups excluding tert-OH is 1. The summed E-state index contributed by atoms with van der Waals surface area (Å²) in [5.41, 5.74) is 0. The van der Waals surface area contributed by atoms with Crippen molar-refractivity contribution in [1.29, 1.82) is 0 Å². The second-order valence-electron chi connectivity index (χ2n) is 2.93. The number of carboxylic acids is 2. The van der Waals surface area contributed by atoms with Gasteiger partial charge in [0.1, 0.15) is 6.04 Å². The number of carboxylic acid groups (broad SMARTS) is 2. The molecule has 0 heterocycles. The Morgan fingerprint density at radius 3 is 2.12 bits per heavy atom. The molecule has 4 N–H and O–H groups in total. The molecule has 0 radical (unpaired) electrons. The second kappa shape index (κ2) is 7.07. The minimum atomic E-state index is -1.64. The van der Waals surface area contributed by atoms with Crippen LogP contribution in [0, 0.1) is 5.92 Å². The summed E-state index contributed by atoms with van der Waals surface area (Å²) in [6, 6.07) is -1.16. The van der Waals surface area contributed by atoms with Gasteiger partial charge >= 0.3 is 11.9 Å². The van der Waals surface area contributed by atoms with Gasteiger partial charge in [0.05, 0.1) is 6.61 Å². The quantitative estimate of drug-likeness (QED) is 0.411. The summed E-state index contributed by atoms with van der Waals surface area (Å²) in [6.07, 6.45) is 1.66. The molecule has 0 aliphatic rings. The number of carbonyl (C=O) groups excluding carboxylic acids is 1. The summed E-state index contributed by atoms with van der Waals surface area (Å²) >= 11 is 1.20. The number of hydrogen-bond donors (Lipinski definition) is 4. The van der Waals surface area contributed by atoms with Crippen molar-refractivity contribution in [1.82, 2.24) is 5.32 Å². The third kappa shape index (κ3) is 4.49. The maximum absolute atomic E-state index is 11.3. The highest BCUT2D eigenvalue weighted by Gasteiger charge is 2.29. The Bertz CT molecular complexity index is 282. The summed E-state index contributed by atoms with van der Waals surface area (Å²) < 4.78 is 0. The summed E-state index contributed by atoms with van der Waals surface area (Å²) in [4.78, 5) is 32.5. The van der Waals surface area contributed by atoms with Crippen molar-refractivity contribution in [3.63, 3.8) is 0 Å².